The molecule has 2 aliphatic rings. The summed E-state index contributed by atoms with van der Waals surface area (Å²) in [5, 5.41) is 2.69. The van der Waals surface area contributed by atoms with Crippen molar-refractivity contribution in [3.8, 4) is 0 Å². The van der Waals surface area contributed by atoms with E-state index in [0.717, 1.165) is 19.3 Å². The van der Waals surface area contributed by atoms with E-state index >= 15 is 0 Å². The first-order valence-corrected chi connectivity index (χ1v) is 8.85. The summed E-state index contributed by atoms with van der Waals surface area (Å²) in [6, 6.07) is 0. The Bertz CT molecular complexity index is 405. The second-order valence-electron chi connectivity index (χ2n) is 6.48. The number of alkyl halides is 1. The van der Waals surface area contributed by atoms with Gasteiger partial charge in [0.05, 0.1) is 0 Å². The van der Waals surface area contributed by atoms with Gasteiger partial charge in [-0.1, -0.05) is 6.42 Å². The van der Waals surface area contributed by atoms with Crippen LogP contribution in [-0.2, 0) is 12.7 Å². The van der Waals surface area contributed by atoms with Crippen LogP contribution in [0.15, 0.2) is 0 Å². The zero-order valence-electron chi connectivity index (χ0n) is 11.6. The zero-order valence-corrected chi connectivity index (χ0v) is 13.8. The van der Waals surface area contributed by atoms with Gasteiger partial charge in [0.2, 0.25) is 0 Å². The largest absolute Gasteiger partial charge is 0.343 e. The fourth-order valence-corrected chi connectivity index (χ4v) is 5.15. The summed E-state index contributed by atoms with van der Waals surface area (Å²) in [6.45, 7) is 6.13. The zero-order chi connectivity index (χ0) is 14.2. The normalized spacial score (nSPS) is 30.3. The maximum atomic E-state index is 12.2. The standard InChI is InChI=1S/C13H21IN2O3/c1-13(2,3)15-11(17)12(18)16-7-8-5-4-6-9(8)10(16)14-19/h8-10H,4-7H2,1-3H3,(H,15,17)/t8?,9?,10-/m0/s1. The van der Waals surface area contributed by atoms with Crippen molar-refractivity contribution in [2.75, 3.05) is 6.54 Å². The Morgan fingerprint density at radius 2 is 1.95 bits per heavy atom. The Hall–Kier alpha value is -0.530. The van der Waals surface area contributed by atoms with Crippen molar-refractivity contribution in [3.05, 3.63) is 0 Å². The number of rotatable bonds is 1. The third-order valence-corrected chi connectivity index (χ3v) is 5.95. The molecule has 108 valence electrons. The molecule has 2 rings (SSSR count). The molecular weight excluding hydrogens is 359 g/mol. The summed E-state index contributed by atoms with van der Waals surface area (Å²) < 4.78 is 11.3. The van der Waals surface area contributed by atoms with E-state index < -0.39 is 38.5 Å². The molecule has 2 fully saturated rings. The third-order valence-electron chi connectivity index (χ3n) is 3.84. The van der Waals surface area contributed by atoms with Crippen LogP contribution in [0.4, 0.5) is 0 Å². The fraction of sp³-hybridized carbons (Fsp3) is 0.846. The molecule has 0 bridgehead atoms. The molecule has 0 aromatic rings. The second kappa shape index (κ2) is 5.46. The van der Waals surface area contributed by atoms with Gasteiger partial charge in [-0.05, 0) is 45.4 Å². The van der Waals surface area contributed by atoms with Crippen LogP contribution in [0, 0.1) is 11.8 Å². The molecule has 19 heavy (non-hydrogen) atoms. The third kappa shape index (κ3) is 3.14. The van der Waals surface area contributed by atoms with Crippen LogP contribution in [0.2, 0.25) is 0 Å². The number of carbonyl (C=O) groups is 2. The van der Waals surface area contributed by atoms with E-state index in [1.807, 2.05) is 20.8 Å². The Morgan fingerprint density at radius 3 is 2.53 bits per heavy atom. The monoisotopic (exact) mass is 380 g/mol. The maximum absolute atomic E-state index is 12.2. The highest BCUT2D eigenvalue weighted by Crippen LogP contribution is 2.45. The van der Waals surface area contributed by atoms with Crippen LogP contribution in [0.3, 0.4) is 0 Å². The number of carbonyl (C=O) groups excluding carboxylic acids is 2. The van der Waals surface area contributed by atoms with E-state index in [1.54, 1.807) is 4.90 Å². The van der Waals surface area contributed by atoms with Gasteiger partial charge in [-0.2, -0.15) is 0 Å². The van der Waals surface area contributed by atoms with E-state index in [9.17, 15) is 12.7 Å². The van der Waals surface area contributed by atoms with Crippen molar-refractivity contribution >= 4 is 33.0 Å². The first-order chi connectivity index (χ1) is 8.83. The minimum atomic E-state index is -1.29. The van der Waals surface area contributed by atoms with Crippen molar-refractivity contribution in [1.82, 2.24) is 10.2 Å². The highest BCUT2D eigenvalue weighted by molar-refractivity contribution is 14.1. The summed E-state index contributed by atoms with van der Waals surface area (Å²) in [6.07, 6.45) is 3.29. The van der Waals surface area contributed by atoms with Crippen molar-refractivity contribution in [2.45, 2.75) is 49.6 Å². The number of nitrogens with zero attached hydrogens (tertiary/aromatic N) is 1. The van der Waals surface area contributed by atoms with Gasteiger partial charge < -0.3 is 10.2 Å². The molecule has 1 aliphatic heterocycles. The lowest BCUT2D eigenvalue weighted by Crippen LogP contribution is -2.50. The number of likely N-dealkylation sites (tertiary alicyclic amines) is 1. The van der Waals surface area contributed by atoms with E-state index in [2.05, 4.69) is 5.32 Å². The van der Waals surface area contributed by atoms with Crippen LogP contribution >= 0.6 is 21.2 Å². The number of fused-ring (bicyclic) bond motifs is 1. The smallest absolute Gasteiger partial charge is 0.312 e. The van der Waals surface area contributed by atoms with Gasteiger partial charge in [-0.15, -0.1) is 0 Å². The number of amides is 2. The van der Waals surface area contributed by atoms with Crippen molar-refractivity contribution in [2.24, 2.45) is 11.8 Å². The van der Waals surface area contributed by atoms with Gasteiger partial charge in [-0.3, -0.25) is 12.7 Å². The molecule has 0 radical (unpaired) electrons. The molecule has 2 unspecified atom stereocenters. The lowest BCUT2D eigenvalue weighted by molar-refractivity contribution is -0.146. The number of nitrogens with one attached hydrogen (secondary N) is 1. The molecule has 1 saturated carbocycles. The van der Waals surface area contributed by atoms with Crippen LogP contribution < -0.4 is 5.32 Å². The van der Waals surface area contributed by atoms with Gasteiger partial charge in [-0.25, -0.2) is 0 Å². The SMILES string of the molecule is CC(C)(C)NC(=O)C(=O)N1CC2CCCC2[C@H]1I=O. The topological polar surface area (TPSA) is 66.5 Å². The average molecular weight is 380 g/mol. The Morgan fingerprint density at radius 1 is 1.26 bits per heavy atom. The molecule has 3 atom stereocenters. The summed E-state index contributed by atoms with van der Waals surface area (Å²) >= 11 is -1.29. The van der Waals surface area contributed by atoms with Crippen molar-refractivity contribution < 1.29 is 12.7 Å². The molecular formula is C13H21IN2O3. The predicted octanol–water partition coefficient (Wildman–Crippen LogP) is 1.80. The molecule has 1 N–H and O–H groups in total. The molecule has 1 aliphatic carbocycles. The number of hydrogen-bond donors (Lipinski definition) is 1. The molecule has 0 aromatic carbocycles. The minimum absolute atomic E-state index is 0.176. The number of hydrogen-bond acceptors (Lipinski definition) is 3. The van der Waals surface area contributed by atoms with Crippen LogP contribution in [0.5, 0.6) is 0 Å². The van der Waals surface area contributed by atoms with E-state index in [0.29, 0.717) is 18.4 Å². The fourth-order valence-electron chi connectivity index (χ4n) is 3.07. The quantitative estimate of drug-likeness (QED) is 0.327. The van der Waals surface area contributed by atoms with Gasteiger partial charge in [0, 0.05) is 12.1 Å². The first kappa shape index (κ1) is 14.9. The molecule has 1 saturated heterocycles. The minimum Gasteiger partial charge on any atom is -0.343 e. The molecule has 1 heterocycles. The van der Waals surface area contributed by atoms with Crippen LogP contribution in [0.1, 0.15) is 40.0 Å². The summed E-state index contributed by atoms with van der Waals surface area (Å²) in [4.78, 5) is 25.7. The maximum Gasteiger partial charge on any atom is 0.312 e. The highest BCUT2D eigenvalue weighted by atomic mass is 127. The molecule has 0 aromatic heterocycles. The molecule has 6 heteroatoms. The summed E-state index contributed by atoms with van der Waals surface area (Å²) in [7, 11) is 0. The van der Waals surface area contributed by atoms with E-state index in [-0.39, 0.29) is 4.05 Å². The van der Waals surface area contributed by atoms with Gasteiger partial charge in [0.25, 0.3) is 0 Å². The second-order valence-corrected chi connectivity index (χ2v) is 8.26. The van der Waals surface area contributed by atoms with Gasteiger partial charge in [0.1, 0.15) is 4.05 Å². The predicted molar refractivity (Wildman–Crippen MR) is 78.9 cm³/mol. The van der Waals surface area contributed by atoms with Crippen LogP contribution in [-0.4, -0.2) is 32.8 Å². The van der Waals surface area contributed by atoms with Crippen LogP contribution in [0.25, 0.3) is 0 Å². The lowest BCUT2D eigenvalue weighted by atomic mass is 10.0. The Kier molecular flexibility index (Phi) is 4.27. The van der Waals surface area contributed by atoms with E-state index in [4.69, 9.17) is 0 Å². The van der Waals surface area contributed by atoms with Crippen molar-refractivity contribution in [3.63, 3.8) is 0 Å². The highest BCUT2D eigenvalue weighted by Gasteiger charge is 2.47. The summed E-state index contributed by atoms with van der Waals surface area (Å²) in [5.41, 5.74) is -0.426. The molecule has 0 spiro atoms. The Balaban J connectivity index is 2.07. The molecule has 5 nitrogen and oxygen atoms in total. The first-order valence-electron chi connectivity index (χ1n) is 6.72. The van der Waals surface area contributed by atoms with Crippen molar-refractivity contribution in [1.29, 1.82) is 0 Å². The summed E-state index contributed by atoms with van der Waals surface area (Å²) in [5.74, 6) is -0.276. The Labute approximate surface area is 124 Å². The van der Waals surface area contributed by atoms with Gasteiger partial charge in [0.15, 0.2) is 21.2 Å². The van der Waals surface area contributed by atoms with E-state index in [1.165, 1.54) is 0 Å². The average Bonchev–Trinajstić information content (AvgIpc) is 2.84. The van der Waals surface area contributed by atoms with Gasteiger partial charge >= 0.3 is 11.8 Å². The number of halogens is 1. The lowest BCUT2D eigenvalue weighted by Gasteiger charge is -2.25. The molecule has 2 amide bonds.